The molecule has 0 saturated heterocycles. The van der Waals surface area contributed by atoms with Crippen LogP contribution < -0.4 is 14.8 Å². The van der Waals surface area contributed by atoms with Gasteiger partial charge >= 0.3 is 0 Å². The predicted molar refractivity (Wildman–Crippen MR) is 110 cm³/mol. The van der Waals surface area contributed by atoms with E-state index in [1.807, 2.05) is 18.2 Å². The molecular weight excluding hydrogens is 358 g/mol. The summed E-state index contributed by atoms with van der Waals surface area (Å²) in [7, 11) is 3.25. The van der Waals surface area contributed by atoms with Crippen molar-refractivity contribution in [3.05, 3.63) is 59.7 Å². The lowest BCUT2D eigenvalue weighted by Crippen LogP contribution is -1.97. The van der Waals surface area contributed by atoms with Gasteiger partial charge < -0.3 is 14.8 Å². The van der Waals surface area contributed by atoms with Gasteiger partial charge in [0.05, 0.1) is 19.6 Å². The van der Waals surface area contributed by atoms with Gasteiger partial charge in [0.1, 0.15) is 17.0 Å². The van der Waals surface area contributed by atoms with Crippen LogP contribution in [0, 0.1) is 6.92 Å². The molecule has 0 saturated carbocycles. The molecule has 0 amide bonds. The molecule has 0 spiro atoms. The highest BCUT2D eigenvalue weighted by Gasteiger charge is 2.14. The highest BCUT2D eigenvalue weighted by atomic mass is 32.1. The van der Waals surface area contributed by atoms with E-state index in [1.165, 1.54) is 5.56 Å². The molecule has 27 heavy (non-hydrogen) atoms. The Hall–Kier alpha value is -3.12. The number of nitrogens with one attached hydrogen (secondary N) is 1. The molecule has 2 aromatic carbocycles. The van der Waals surface area contributed by atoms with Gasteiger partial charge in [-0.25, -0.2) is 9.97 Å². The molecule has 0 radical (unpaired) electrons. The first kappa shape index (κ1) is 17.3. The molecule has 2 aromatic heterocycles. The summed E-state index contributed by atoms with van der Waals surface area (Å²) in [4.78, 5) is 9.87. The maximum absolute atomic E-state index is 5.40. The lowest BCUT2D eigenvalue weighted by atomic mass is 10.0. The lowest BCUT2D eigenvalue weighted by Gasteiger charge is -2.12. The first-order valence-electron chi connectivity index (χ1n) is 8.48. The first-order valence-corrected chi connectivity index (χ1v) is 9.36. The van der Waals surface area contributed by atoms with E-state index >= 15 is 0 Å². The molecule has 0 aliphatic heterocycles. The van der Waals surface area contributed by atoms with E-state index in [0.29, 0.717) is 11.5 Å². The summed E-state index contributed by atoms with van der Waals surface area (Å²) in [6.45, 7) is 2.09. The molecule has 1 N–H and O–H groups in total. The molecule has 5 nitrogen and oxygen atoms in total. The Morgan fingerprint density at radius 1 is 0.926 bits per heavy atom. The average molecular weight is 377 g/mol. The first-order chi connectivity index (χ1) is 13.2. The lowest BCUT2D eigenvalue weighted by molar-refractivity contribution is 0.355. The van der Waals surface area contributed by atoms with Gasteiger partial charge in [-0.1, -0.05) is 29.8 Å². The summed E-state index contributed by atoms with van der Waals surface area (Å²) >= 11 is 1.62. The number of rotatable bonds is 5. The molecule has 136 valence electrons. The second-order valence-electron chi connectivity index (χ2n) is 6.11. The minimum absolute atomic E-state index is 0.664. The molecule has 0 atom stereocenters. The number of fused-ring (bicyclic) bond motifs is 1. The van der Waals surface area contributed by atoms with Crippen LogP contribution in [0.4, 0.5) is 11.5 Å². The van der Waals surface area contributed by atoms with Gasteiger partial charge in [-0.05, 0) is 24.6 Å². The van der Waals surface area contributed by atoms with Crippen molar-refractivity contribution in [2.24, 2.45) is 0 Å². The topological polar surface area (TPSA) is 56.3 Å². The molecule has 2 heterocycles. The van der Waals surface area contributed by atoms with Gasteiger partial charge in [-0.15, -0.1) is 11.3 Å². The molecular formula is C21H19N3O2S. The Labute approximate surface area is 161 Å². The number of anilines is 2. The third kappa shape index (κ3) is 3.31. The zero-order valence-electron chi connectivity index (χ0n) is 15.3. The van der Waals surface area contributed by atoms with Crippen LogP contribution >= 0.6 is 11.3 Å². The molecule has 0 fully saturated rings. The minimum atomic E-state index is 0.664. The largest absolute Gasteiger partial charge is 0.493 e. The van der Waals surface area contributed by atoms with Crippen LogP contribution in [-0.4, -0.2) is 24.2 Å². The highest BCUT2D eigenvalue weighted by molar-refractivity contribution is 7.17. The van der Waals surface area contributed by atoms with Crippen LogP contribution in [0.5, 0.6) is 11.5 Å². The van der Waals surface area contributed by atoms with Crippen LogP contribution in [0.1, 0.15) is 5.56 Å². The number of benzene rings is 2. The van der Waals surface area contributed by atoms with E-state index in [-0.39, 0.29) is 0 Å². The van der Waals surface area contributed by atoms with E-state index < -0.39 is 0 Å². The monoisotopic (exact) mass is 377 g/mol. The van der Waals surface area contributed by atoms with Crippen LogP contribution in [0.2, 0.25) is 0 Å². The fraction of sp³-hybridized carbons (Fsp3) is 0.143. The zero-order chi connectivity index (χ0) is 18.8. The van der Waals surface area contributed by atoms with Gasteiger partial charge in [-0.3, -0.25) is 0 Å². The number of ether oxygens (including phenoxy) is 2. The van der Waals surface area contributed by atoms with Crippen molar-refractivity contribution < 1.29 is 9.47 Å². The smallest absolute Gasteiger partial charge is 0.162 e. The van der Waals surface area contributed by atoms with Crippen molar-refractivity contribution in [2.45, 2.75) is 6.92 Å². The fourth-order valence-electron chi connectivity index (χ4n) is 2.97. The van der Waals surface area contributed by atoms with E-state index in [1.54, 1.807) is 31.9 Å². The van der Waals surface area contributed by atoms with Crippen LogP contribution in [0.15, 0.2) is 54.2 Å². The fourth-order valence-corrected chi connectivity index (χ4v) is 3.88. The third-order valence-electron chi connectivity index (χ3n) is 4.38. The van der Waals surface area contributed by atoms with E-state index in [0.717, 1.165) is 32.8 Å². The number of nitrogens with zero attached hydrogens (tertiary/aromatic N) is 2. The van der Waals surface area contributed by atoms with Crippen molar-refractivity contribution in [3.63, 3.8) is 0 Å². The molecule has 6 heteroatoms. The normalized spacial score (nSPS) is 10.8. The van der Waals surface area contributed by atoms with Crippen molar-refractivity contribution >= 4 is 33.1 Å². The number of aromatic nitrogens is 2. The maximum atomic E-state index is 5.40. The quantitative estimate of drug-likeness (QED) is 0.503. The third-order valence-corrected chi connectivity index (χ3v) is 5.27. The number of thiophene rings is 1. The average Bonchev–Trinajstić information content (AvgIpc) is 3.13. The van der Waals surface area contributed by atoms with Crippen molar-refractivity contribution in [1.29, 1.82) is 0 Å². The number of hydrogen-bond donors (Lipinski definition) is 1. The summed E-state index contributed by atoms with van der Waals surface area (Å²) in [5.41, 5.74) is 4.38. The summed E-state index contributed by atoms with van der Waals surface area (Å²) in [6.07, 6.45) is 1.58. The molecule has 4 rings (SSSR count). The molecule has 0 bridgehead atoms. The molecule has 0 aliphatic rings. The maximum Gasteiger partial charge on any atom is 0.162 e. The van der Waals surface area contributed by atoms with Crippen molar-refractivity contribution in [2.75, 3.05) is 19.5 Å². The summed E-state index contributed by atoms with van der Waals surface area (Å²) in [5.74, 6) is 2.12. The van der Waals surface area contributed by atoms with Crippen molar-refractivity contribution in [1.82, 2.24) is 9.97 Å². The Bertz CT molecular complexity index is 1090. The highest BCUT2D eigenvalue weighted by Crippen LogP contribution is 2.38. The van der Waals surface area contributed by atoms with E-state index in [2.05, 4.69) is 51.9 Å². The summed E-state index contributed by atoms with van der Waals surface area (Å²) in [6, 6.07) is 14.2. The standard InChI is InChI=1S/C21H19N3O2S/c1-13-4-6-14(7-5-13)16-11-27-21-19(16)20(22-12-23-21)24-15-8-9-17(25-2)18(10-15)26-3/h4-12H,1-3H3,(H,22,23,24). The SMILES string of the molecule is COc1ccc(Nc2ncnc3scc(-c4ccc(C)cc4)c23)cc1OC. The number of hydrogen-bond acceptors (Lipinski definition) is 6. The Morgan fingerprint density at radius 3 is 2.44 bits per heavy atom. The Kier molecular flexibility index (Phi) is 4.64. The summed E-state index contributed by atoms with van der Waals surface area (Å²) in [5, 5.41) is 6.54. The predicted octanol–water partition coefficient (Wildman–Crippen LogP) is 5.43. The van der Waals surface area contributed by atoms with Gasteiger partial charge in [0.25, 0.3) is 0 Å². The van der Waals surface area contributed by atoms with Crippen LogP contribution in [0.25, 0.3) is 21.3 Å². The van der Waals surface area contributed by atoms with Gasteiger partial charge in [0, 0.05) is 22.7 Å². The Balaban J connectivity index is 1.78. The van der Waals surface area contributed by atoms with Crippen LogP contribution in [-0.2, 0) is 0 Å². The molecule has 0 aliphatic carbocycles. The minimum Gasteiger partial charge on any atom is -0.493 e. The molecule has 4 aromatic rings. The second-order valence-corrected chi connectivity index (χ2v) is 6.97. The van der Waals surface area contributed by atoms with Crippen molar-refractivity contribution in [3.8, 4) is 22.6 Å². The van der Waals surface area contributed by atoms with E-state index in [9.17, 15) is 0 Å². The van der Waals surface area contributed by atoms with Gasteiger partial charge in [-0.2, -0.15) is 0 Å². The van der Waals surface area contributed by atoms with E-state index in [4.69, 9.17) is 9.47 Å². The van der Waals surface area contributed by atoms with Gasteiger partial charge in [0.15, 0.2) is 11.5 Å². The number of aryl methyl sites for hydroxylation is 1. The molecule has 0 unspecified atom stereocenters. The summed E-state index contributed by atoms with van der Waals surface area (Å²) < 4.78 is 10.7. The van der Waals surface area contributed by atoms with Gasteiger partial charge in [0.2, 0.25) is 0 Å². The number of methoxy groups -OCH3 is 2. The Morgan fingerprint density at radius 2 is 1.70 bits per heavy atom. The van der Waals surface area contributed by atoms with Crippen LogP contribution in [0.3, 0.4) is 0 Å². The second kappa shape index (κ2) is 7.25. The zero-order valence-corrected chi connectivity index (χ0v) is 16.1.